The molecule has 0 bridgehead atoms. The number of sulfonamides is 1. The van der Waals surface area contributed by atoms with Crippen molar-refractivity contribution < 1.29 is 21.6 Å². The molecule has 0 radical (unpaired) electrons. The molecule has 0 aliphatic carbocycles. The van der Waals surface area contributed by atoms with Gasteiger partial charge in [0, 0.05) is 19.1 Å². The summed E-state index contributed by atoms with van der Waals surface area (Å²) >= 11 is 5.44. The van der Waals surface area contributed by atoms with Crippen LogP contribution in [0.4, 0.5) is 13.2 Å². The van der Waals surface area contributed by atoms with Crippen LogP contribution >= 0.6 is 11.6 Å². The van der Waals surface area contributed by atoms with Crippen molar-refractivity contribution in [1.82, 2.24) is 4.31 Å². The van der Waals surface area contributed by atoms with Gasteiger partial charge in [0.25, 0.3) is 0 Å². The lowest BCUT2D eigenvalue weighted by molar-refractivity contribution is -0.139. The number of hydrogen-bond donors (Lipinski definition) is 0. The van der Waals surface area contributed by atoms with Crippen molar-refractivity contribution in [3.05, 3.63) is 28.8 Å². The molecule has 0 saturated carbocycles. The van der Waals surface area contributed by atoms with Crippen LogP contribution in [0.3, 0.4) is 0 Å². The van der Waals surface area contributed by atoms with E-state index in [0.717, 1.165) is 26.2 Å². The number of halogens is 4. The Balaban J connectivity index is 3.56. The molecule has 96 valence electrons. The average molecular weight is 288 g/mol. The Morgan fingerprint density at radius 2 is 1.76 bits per heavy atom. The van der Waals surface area contributed by atoms with E-state index in [1.54, 1.807) is 0 Å². The van der Waals surface area contributed by atoms with E-state index in [2.05, 4.69) is 0 Å². The summed E-state index contributed by atoms with van der Waals surface area (Å²) in [5.41, 5.74) is -1.27. The summed E-state index contributed by atoms with van der Waals surface area (Å²) in [5, 5.41) is -0.171. The maximum absolute atomic E-state index is 12.7. The van der Waals surface area contributed by atoms with Gasteiger partial charge in [-0.2, -0.15) is 13.2 Å². The molecule has 0 amide bonds. The predicted molar refractivity (Wildman–Crippen MR) is 57.3 cm³/mol. The third-order valence-electron chi connectivity index (χ3n) is 2.01. The number of hydrogen-bond acceptors (Lipinski definition) is 2. The molecule has 3 nitrogen and oxygen atoms in total. The van der Waals surface area contributed by atoms with Crippen molar-refractivity contribution >= 4 is 21.6 Å². The molecule has 1 aromatic rings. The summed E-state index contributed by atoms with van der Waals surface area (Å²) in [5.74, 6) is 0. The molecule has 0 aliphatic heterocycles. The molecule has 0 fully saturated rings. The standard InChI is InChI=1S/C9H9ClF3NO2S/c1-14(2)17(15,16)8-4-3-6(10)5-7(8)9(11,12)13/h3-5H,1-2H3. The van der Waals surface area contributed by atoms with Gasteiger partial charge in [0.1, 0.15) is 0 Å². The topological polar surface area (TPSA) is 37.4 Å². The third-order valence-corrected chi connectivity index (χ3v) is 4.11. The van der Waals surface area contributed by atoms with E-state index in [1.165, 1.54) is 0 Å². The summed E-state index contributed by atoms with van der Waals surface area (Å²) in [6, 6.07) is 2.55. The van der Waals surface area contributed by atoms with E-state index >= 15 is 0 Å². The molecule has 0 aromatic heterocycles. The zero-order valence-corrected chi connectivity index (χ0v) is 10.5. The van der Waals surface area contributed by atoms with Crippen LogP contribution in [0.5, 0.6) is 0 Å². The second kappa shape index (κ2) is 4.47. The minimum Gasteiger partial charge on any atom is -0.207 e. The minimum absolute atomic E-state index is 0.171. The van der Waals surface area contributed by atoms with E-state index < -0.39 is 26.7 Å². The van der Waals surface area contributed by atoms with E-state index in [-0.39, 0.29) is 5.02 Å². The molecular formula is C9H9ClF3NO2S. The molecule has 0 N–H and O–H groups in total. The van der Waals surface area contributed by atoms with Crippen LogP contribution in [0.25, 0.3) is 0 Å². The van der Waals surface area contributed by atoms with Gasteiger partial charge in [0.2, 0.25) is 10.0 Å². The smallest absolute Gasteiger partial charge is 0.207 e. The Morgan fingerprint density at radius 3 is 2.18 bits per heavy atom. The fourth-order valence-corrected chi connectivity index (χ4v) is 2.40. The van der Waals surface area contributed by atoms with Gasteiger partial charge < -0.3 is 0 Å². The number of benzene rings is 1. The molecule has 0 saturated heterocycles. The van der Waals surface area contributed by atoms with Gasteiger partial charge in [-0.3, -0.25) is 0 Å². The second-order valence-electron chi connectivity index (χ2n) is 3.43. The molecule has 0 atom stereocenters. The SMILES string of the molecule is CN(C)S(=O)(=O)c1ccc(Cl)cc1C(F)(F)F. The number of alkyl halides is 3. The maximum Gasteiger partial charge on any atom is 0.417 e. The summed E-state index contributed by atoms with van der Waals surface area (Å²) in [6.45, 7) is 0. The molecule has 1 rings (SSSR count). The second-order valence-corrected chi connectivity index (χ2v) is 5.98. The van der Waals surface area contributed by atoms with Crippen LogP contribution < -0.4 is 0 Å². The Hall–Kier alpha value is -0.790. The quantitative estimate of drug-likeness (QED) is 0.838. The molecule has 8 heteroatoms. The van der Waals surface area contributed by atoms with Crippen LogP contribution in [0.2, 0.25) is 5.02 Å². The Kier molecular flexibility index (Phi) is 3.75. The first-order chi connectivity index (χ1) is 7.56. The average Bonchev–Trinajstić information content (AvgIpc) is 2.15. The Labute approximate surface area is 102 Å². The Bertz CT molecular complexity index is 526. The molecule has 0 spiro atoms. The van der Waals surface area contributed by atoms with Gasteiger partial charge in [-0.25, -0.2) is 12.7 Å². The van der Waals surface area contributed by atoms with Crippen LogP contribution in [-0.2, 0) is 16.2 Å². The van der Waals surface area contributed by atoms with Crippen molar-refractivity contribution in [2.24, 2.45) is 0 Å². The third kappa shape index (κ3) is 2.91. The summed E-state index contributed by atoms with van der Waals surface area (Å²) in [4.78, 5) is -0.806. The molecule has 0 heterocycles. The fraction of sp³-hybridized carbons (Fsp3) is 0.333. The van der Waals surface area contributed by atoms with Crippen LogP contribution in [0.15, 0.2) is 23.1 Å². The minimum atomic E-state index is -4.77. The van der Waals surface area contributed by atoms with E-state index in [1.807, 2.05) is 0 Å². The van der Waals surface area contributed by atoms with E-state index in [4.69, 9.17) is 11.6 Å². The molecule has 17 heavy (non-hydrogen) atoms. The fourth-order valence-electron chi connectivity index (χ4n) is 1.15. The van der Waals surface area contributed by atoms with Crippen molar-refractivity contribution in [3.63, 3.8) is 0 Å². The maximum atomic E-state index is 12.7. The van der Waals surface area contributed by atoms with Crippen LogP contribution in [0.1, 0.15) is 5.56 Å². The first-order valence-corrected chi connectivity index (χ1v) is 6.18. The highest BCUT2D eigenvalue weighted by molar-refractivity contribution is 7.89. The zero-order valence-electron chi connectivity index (χ0n) is 8.92. The first-order valence-electron chi connectivity index (χ1n) is 4.36. The number of rotatable bonds is 2. The van der Waals surface area contributed by atoms with Crippen LogP contribution in [-0.4, -0.2) is 26.8 Å². The normalized spacial score (nSPS) is 13.1. The van der Waals surface area contributed by atoms with Crippen molar-refractivity contribution in [2.45, 2.75) is 11.1 Å². The highest BCUT2D eigenvalue weighted by Crippen LogP contribution is 2.36. The highest BCUT2D eigenvalue weighted by Gasteiger charge is 2.38. The largest absolute Gasteiger partial charge is 0.417 e. The van der Waals surface area contributed by atoms with Gasteiger partial charge in [-0.15, -0.1) is 0 Å². The zero-order chi connectivity index (χ0) is 13.4. The summed E-state index contributed by atoms with van der Waals surface area (Å²) < 4.78 is 62.1. The monoisotopic (exact) mass is 287 g/mol. The molecular weight excluding hydrogens is 279 g/mol. The highest BCUT2D eigenvalue weighted by atomic mass is 35.5. The van der Waals surface area contributed by atoms with Crippen molar-refractivity contribution in [3.8, 4) is 0 Å². The molecule has 0 aliphatic rings. The van der Waals surface area contributed by atoms with Gasteiger partial charge >= 0.3 is 6.18 Å². The predicted octanol–water partition coefficient (Wildman–Crippen LogP) is 2.61. The van der Waals surface area contributed by atoms with Gasteiger partial charge in [0.15, 0.2) is 0 Å². The first kappa shape index (κ1) is 14.3. The lowest BCUT2D eigenvalue weighted by Gasteiger charge is -2.16. The van der Waals surface area contributed by atoms with Gasteiger partial charge in [0.05, 0.1) is 10.5 Å². The molecule has 1 aromatic carbocycles. The van der Waals surface area contributed by atoms with Gasteiger partial charge in [-0.1, -0.05) is 11.6 Å². The summed E-state index contributed by atoms with van der Waals surface area (Å²) in [7, 11) is -1.84. The van der Waals surface area contributed by atoms with E-state index in [0.29, 0.717) is 10.4 Å². The molecule has 0 unspecified atom stereocenters. The Morgan fingerprint density at radius 1 is 1.24 bits per heavy atom. The van der Waals surface area contributed by atoms with Crippen molar-refractivity contribution in [2.75, 3.05) is 14.1 Å². The van der Waals surface area contributed by atoms with Crippen LogP contribution in [0, 0.1) is 0 Å². The lowest BCUT2D eigenvalue weighted by Crippen LogP contribution is -2.25. The van der Waals surface area contributed by atoms with Gasteiger partial charge in [-0.05, 0) is 18.2 Å². The number of nitrogens with zero attached hydrogens (tertiary/aromatic N) is 1. The van der Waals surface area contributed by atoms with E-state index in [9.17, 15) is 21.6 Å². The van der Waals surface area contributed by atoms with Crippen molar-refractivity contribution in [1.29, 1.82) is 0 Å². The lowest BCUT2D eigenvalue weighted by atomic mass is 10.2. The summed E-state index contributed by atoms with van der Waals surface area (Å²) in [6.07, 6.45) is -4.77.